The Morgan fingerprint density at radius 1 is 1.30 bits per heavy atom. The number of nitrogens with one attached hydrogen (secondary N) is 1. The Hall–Kier alpha value is -1.65. The number of hydrogen-bond acceptors (Lipinski definition) is 3. The topological polar surface area (TPSA) is 51.5 Å². The number of benzene rings is 1. The quantitative estimate of drug-likeness (QED) is 0.910. The first-order valence-corrected chi connectivity index (χ1v) is 6.80. The molecule has 1 aromatic heterocycles. The Balaban J connectivity index is 1.99. The molecule has 1 aromatic carbocycles. The van der Waals surface area contributed by atoms with Gasteiger partial charge in [0.25, 0.3) is 5.91 Å². The monoisotopic (exact) mass is 313 g/mol. The van der Waals surface area contributed by atoms with Crippen LogP contribution in [0.15, 0.2) is 34.7 Å². The van der Waals surface area contributed by atoms with E-state index >= 15 is 0 Å². The van der Waals surface area contributed by atoms with Crippen LogP contribution in [0.2, 0.25) is 10.0 Å². The van der Waals surface area contributed by atoms with Crippen molar-refractivity contribution < 1.29 is 13.9 Å². The predicted octanol–water partition coefficient (Wildman–Crippen LogP) is 3.92. The summed E-state index contributed by atoms with van der Waals surface area (Å²) in [5.74, 6) is 1.06. The summed E-state index contributed by atoms with van der Waals surface area (Å²) in [6.45, 7) is 2.57. The zero-order valence-corrected chi connectivity index (χ0v) is 12.3. The van der Waals surface area contributed by atoms with Gasteiger partial charge < -0.3 is 14.5 Å². The van der Waals surface area contributed by atoms with E-state index in [1.165, 1.54) is 0 Å². The number of carbonyl (C=O) groups excluding carboxylic acids is 1. The molecule has 2 rings (SSSR count). The molecule has 0 aliphatic carbocycles. The van der Waals surface area contributed by atoms with Crippen molar-refractivity contribution in [1.29, 1.82) is 0 Å². The summed E-state index contributed by atoms with van der Waals surface area (Å²) < 4.78 is 10.9. The molecule has 0 bridgehead atoms. The van der Waals surface area contributed by atoms with Gasteiger partial charge in [0.1, 0.15) is 18.1 Å². The summed E-state index contributed by atoms with van der Waals surface area (Å²) in [5, 5.41) is 3.62. The van der Waals surface area contributed by atoms with Crippen LogP contribution in [0.4, 0.5) is 0 Å². The van der Waals surface area contributed by atoms with Crippen molar-refractivity contribution in [3.05, 3.63) is 51.9 Å². The fourth-order valence-corrected chi connectivity index (χ4v) is 2.03. The molecule has 0 unspecified atom stereocenters. The lowest BCUT2D eigenvalue weighted by molar-refractivity contribution is 0.0924. The summed E-state index contributed by atoms with van der Waals surface area (Å²) in [6, 6.07) is 8.26. The summed E-state index contributed by atoms with van der Waals surface area (Å²) in [6.07, 6.45) is 0. The van der Waals surface area contributed by atoms with Gasteiger partial charge in [0.2, 0.25) is 0 Å². The third-order valence-corrected chi connectivity index (χ3v) is 3.02. The Bertz CT molecular complexity index is 610. The van der Waals surface area contributed by atoms with Gasteiger partial charge >= 0.3 is 0 Å². The molecule has 6 heteroatoms. The van der Waals surface area contributed by atoms with E-state index in [1.807, 2.05) is 6.92 Å². The molecule has 1 amide bonds. The van der Waals surface area contributed by atoms with Crippen LogP contribution in [0.25, 0.3) is 0 Å². The molecule has 0 fully saturated rings. The van der Waals surface area contributed by atoms with Gasteiger partial charge in [0.05, 0.1) is 5.02 Å². The number of hydrogen-bond donors (Lipinski definition) is 1. The van der Waals surface area contributed by atoms with Gasteiger partial charge in [0.15, 0.2) is 5.76 Å². The molecule has 1 heterocycles. The van der Waals surface area contributed by atoms with Crippen molar-refractivity contribution in [3.8, 4) is 5.75 Å². The van der Waals surface area contributed by atoms with Crippen LogP contribution in [-0.2, 0) is 6.61 Å². The first kappa shape index (κ1) is 14.8. The van der Waals surface area contributed by atoms with Crippen LogP contribution in [0.5, 0.6) is 5.75 Å². The second-order valence-electron chi connectivity index (χ2n) is 3.99. The van der Waals surface area contributed by atoms with Gasteiger partial charge in [-0.2, -0.15) is 0 Å². The third kappa shape index (κ3) is 3.68. The van der Waals surface area contributed by atoms with Crippen LogP contribution >= 0.6 is 23.2 Å². The highest BCUT2D eigenvalue weighted by Crippen LogP contribution is 2.28. The Kier molecular flexibility index (Phi) is 4.93. The van der Waals surface area contributed by atoms with E-state index < -0.39 is 0 Å². The normalized spacial score (nSPS) is 10.3. The molecule has 0 saturated heterocycles. The highest BCUT2D eigenvalue weighted by atomic mass is 35.5. The van der Waals surface area contributed by atoms with Gasteiger partial charge in [-0.25, -0.2) is 0 Å². The SMILES string of the molecule is CCNC(=O)c1ccc(COc2ccc(Cl)cc2Cl)o1. The van der Waals surface area contributed by atoms with E-state index in [0.29, 0.717) is 28.1 Å². The maximum Gasteiger partial charge on any atom is 0.286 e. The van der Waals surface area contributed by atoms with Crippen molar-refractivity contribution in [1.82, 2.24) is 5.32 Å². The second-order valence-corrected chi connectivity index (χ2v) is 4.83. The average Bonchev–Trinajstić information content (AvgIpc) is 2.87. The summed E-state index contributed by atoms with van der Waals surface area (Å²) in [5.41, 5.74) is 0. The van der Waals surface area contributed by atoms with Gasteiger partial charge in [-0.15, -0.1) is 0 Å². The van der Waals surface area contributed by atoms with Gasteiger partial charge in [-0.1, -0.05) is 23.2 Å². The first-order chi connectivity index (χ1) is 9.60. The van der Waals surface area contributed by atoms with Crippen LogP contribution in [-0.4, -0.2) is 12.5 Å². The predicted molar refractivity (Wildman–Crippen MR) is 77.5 cm³/mol. The zero-order chi connectivity index (χ0) is 14.5. The van der Waals surface area contributed by atoms with Crippen molar-refractivity contribution in [2.24, 2.45) is 0 Å². The van der Waals surface area contributed by atoms with Crippen molar-refractivity contribution >= 4 is 29.1 Å². The molecule has 0 radical (unpaired) electrons. The molecular formula is C14H13Cl2NO3. The largest absolute Gasteiger partial charge is 0.484 e. The minimum atomic E-state index is -0.247. The zero-order valence-electron chi connectivity index (χ0n) is 10.8. The number of carbonyl (C=O) groups is 1. The van der Waals surface area contributed by atoms with Crippen LogP contribution < -0.4 is 10.1 Å². The van der Waals surface area contributed by atoms with Crippen molar-refractivity contribution in [3.63, 3.8) is 0 Å². The summed E-state index contributed by atoms with van der Waals surface area (Å²) >= 11 is 11.8. The molecule has 1 N–H and O–H groups in total. The smallest absolute Gasteiger partial charge is 0.286 e. The minimum absolute atomic E-state index is 0.181. The molecule has 0 spiro atoms. The van der Waals surface area contributed by atoms with Gasteiger partial charge in [-0.3, -0.25) is 4.79 Å². The van der Waals surface area contributed by atoms with E-state index in [2.05, 4.69) is 5.32 Å². The standard InChI is InChI=1S/C14H13Cl2NO3/c1-2-17-14(18)13-6-4-10(20-13)8-19-12-5-3-9(15)7-11(12)16/h3-7H,2,8H2,1H3,(H,17,18). The van der Waals surface area contributed by atoms with E-state index in [4.69, 9.17) is 32.4 Å². The molecule has 0 aliphatic rings. The second kappa shape index (κ2) is 6.68. The highest BCUT2D eigenvalue weighted by molar-refractivity contribution is 6.35. The minimum Gasteiger partial charge on any atom is -0.484 e. The Labute approximate surface area is 126 Å². The molecule has 0 saturated carbocycles. The lowest BCUT2D eigenvalue weighted by atomic mass is 10.3. The molecule has 4 nitrogen and oxygen atoms in total. The molecule has 20 heavy (non-hydrogen) atoms. The van der Waals surface area contributed by atoms with E-state index in [9.17, 15) is 4.79 Å². The number of ether oxygens (including phenoxy) is 1. The maximum absolute atomic E-state index is 11.5. The molecule has 2 aromatic rings. The van der Waals surface area contributed by atoms with Crippen molar-refractivity contribution in [2.75, 3.05) is 6.54 Å². The fourth-order valence-electron chi connectivity index (χ4n) is 1.57. The van der Waals surface area contributed by atoms with Gasteiger partial charge in [0, 0.05) is 11.6 Å². The fraction of sp³-hybridized carbons (Fsp3) is 0.214. The van der Waals surface area contributed by atoms with Crippen LogP contribution in [0.1, 0.15) is 23.2 Å². The summed E-state index contributed by atoms with van der Waals surface area (Å²) in [7, 11) is 0. The average molecular weight is 314 g/mol. The number of rotatable bonds is 5. The van der Waals surface area contributed by atoms with E-state index in [0.717, 1.165) is 0 Å². The molecule has 106 valence electrons. The van der Waals surface area contributed by atoms with E-state index in [-0.39, 0.29) is 18.3 Å². The molecular weight excluding hydrogens is 301 g/mol. The Morgan fingerprint density at radius 3 is 2.80 bits per heavy atom. The third-order valence-electron chi connectivity index (χ3n) is 2.49. The Morgan fingerprint density at radius 2 is 2.10 bits per heavy atom. The van der Waals surface area contributed by atoms with Gasteiger partial charge in [-0.05, 0) is 37.3 Å². The number of halogens is 2. The molecule has 0 atom stereocenters. The first-order valence-electron chi connectivity index (χ1n) is 6.05. The maximum atomic E-state index is 11.5. The van der Waals surface area contributed by atoms with Crippen LogP contribution in [0, 0.1) is 0 Å². The van der Waals surface area contributed by atoms with Crippen LogP contribution in [0.3, 0.4) is 0 Å². The van der Waals surface area contributed by atoms with Crippen molar-refractivity contribution in [2.45, 2.75) is 13.5 Å². The summed E-state index contributed by atoms with van der Waals surface area (Å²) in [4.78, 5) is 11.5. The molecule has 0 aliphatic heterocycles. The highest BCUT2D eigenvalue weighted by Gasteiger charge is 2.11. The lowest BCUT2D eigenvalue weighted by Gasteiger charge is -2.06. The number of amides is 1. The van der Waals surface area contributed by atoms with E-state index in [1.54, 1.807) is 30.3 Å². The lowest BCUT2D eigenvalue weighted by Crippen LogP contribution is -2.21. The number of furan rings is 1.